The van der Waals surface area contributed by atoms with E-state index in [1.54, 1.807) is 12.1 Å². The summed E-state index contributed by atoms with van der Waals surface area (Å²) in [6, 6.07) is 9.75. The van der Waals surface area contributed by atoms with Crippen molar-refractivity contribution >= 4 is 6.09 Å². The predicted octanol–water partition coefficient (Wildman–Crippen LogP) is 4.83. The maximum absolute atomic E-state index is 14.2. The van der Waals surface area contributed by atoms with Crippen LogP contribution in [0, 0.1) is 17.6 Å². The zero-order chi connectivity index (χ0) is 20.7. The van der Waals surface area contributed by atoms with E-state index in [1.165, 1.54) is 6.07 Å². The van der Waals surface area contributed by atoms with Crippen molar-refractivity contribution in [2.75, 3.05) is 19.6 Å². The second-order valence-corrected chi connectivity index (χ2v) is 8.69. The number of carbonyl (C=O) groups excluding carboxylic acids is 1. The number of ether oxygens (including phenoxy) is 1. The molecule has 30 heavy (non-hydrogen) atoms. The third-order valence-electron chi connectivity index (χ3n) is 6.87. The van der Waals surface area contributed by atoms with E-state index in [2.05, 4.69) is 10.2 Å². The second kappa shape index (κ2) is 7.99. The number of benzene rings is 2. The molecule has 1 unspecified atom stereocenters. The summed E-state index contributed by atoms with van der Waals surface area (Å²) in [5.41, 5.74) is 3.01. The quantitative estimate of drug-likeness (QED) is 0.785. The SMILES string of the molecule is O=C(NC1CCCc2cc(-c3cccc(F)c3F)ccc21)O[C@@H]1CN2CCC1CC2. The number of alkyl carbamates (subject to hydrolysis) is 1. The van der Waals surface area contributed by atoms with Crippen LogP contribution < -0.4 is 5.32 Å². The largest absolute Gasteiger partial charge is 0.445 e. The Hall–Kier alpha value is -2.47. The van der Waals surface area contributed by atoms with E-state index in [1.807, 2.05) is 12.1 Å². The van der Waals surface area contributed by atoms with E-state index in [9.17, 15) is 13.6 Å². The van der Waals surface area contributed by atoms with Gasteiger partial charge in [-0.3, -0.25) is 4.90 Å². The second-order valence-electron chi connectivity index (χ2n) is 8.69. The number of amides is 1. The lowest BCUT2D eigenvalue weighted by molar-refractivity contribution is -0.0340. The van der Waals surface area contributed by atoms with Gasteiger partial charge in [-0.05, 0) is 73.9 Å². The van der Waals surface area contributed by atoms with Gasteiger partial charge in [0.2, 0.25) is 0 Å². The van der Waals surface area contributed by atoms with E-state index in [4.69, 9.17) is 4.74 Å². The van der Waals surface area contributed by atoms with Crippen molar-refractivity contribution in [3.8, 4) is 11.1 Å². The molecule has 3 saturated heterocycles. The fourth-order valence-electron chi connectivity index (χ4n) is 5.22. The highest BCUT2D eigenvalue weighted by molar-refractivity contribution is 5.69. The van der Waals surface area contributed by atoms with Crippen LogP contribution >= 0.6 is 0 Å². The zero-order valence-electron chi connectivity index (χ0n) is 16.9. The number of nitrogens with zero attached hydrogens (tertiary/aromatic N) is 1. The molecular formula is C24H26F2N2O2. The summed E-state index contributed by atoms with van der Waals surface area (Å²) < 4.78 is 33.6. The summed E-state index contributed by atoms with van der Waals surface area (Å²) in [4.78, 5) is 15.0. The van der Waals surface area contributed by atoms with Crippen LogP contribution in [0.3, 0.4) is 0 Å². The van der Waals surface area contributed by atoms with Crippen LogP contribution in [0.5, 0.6) is 0 Å². The first-order chi connectivity index (χ1) is 14.6. The van der Waals surface area contributed by atoms with E-state index >= 15 is 0 Å². The number of piperidine rings is 3. The average molecular weight is 412 g/mol. The van der Waals surface area contributed by atoms with Gasteiger partial charge in [-0.1, -0.05) is 30.3 Å². The molecule has 2 bridgehead atoms. The van der Waals surface area contributed by atoms with Gasteiger partial charge >= 0.3 is 6.09 Å². The molecule has 3 fully saturated rings. The van der Waals surface area contributed by atoms with E-state index < -0.39 is 11.6 Å². The molecule has 1 amide bonds. The van der Waals surface area contributed by atoms with Gasteiger partial charge in [-0.15, -0.1) is 0 Å². The minimum absolute atomic E-state index is 0.0195. The Bertz CT molecular complexity index is 956. The minimum atomic E-state index is -0.847. The smallest absolute Gasteiger partial charge is 0.407 e. The third kappa shape index (κ3) is 3.69. The maximum Gasteiger partial charge on any atom is 0.407 e. The molecule has 4 aliphatic rings. The molecule has 0 radical (unpaired) electrons. The minimum Gasteiger partial charge on any atom is -0.445 e. The van der Waals surface area contributed by atoms with Gasteiger partial charge in [-0.2, -0.15) is 0 Å². The van der Waals surface area contributed by atoms with Crippen molar-refractivity contribution in [3.05, 3.63) is 59.2 Å². The average Bonchev–Trinajstić information content (AvgIpc) is 2.76. The Morgan fingerprint density at radius 2 is 1.93 bits per heavy atom. The van der Waals surface area contributed by atoms with Gasteiger partial charge in [-0.25, -0.2) is 13.6 Å². The molecule has 1 N–H and O–H groups in total. The first-order valence-corrected chi connectivity index (χ1v) is 10.8. The van der Waals surface area contributed by atoms with Gasteiger partial charge in [0.05, 0.1) is 6.04 Å². The summed E-state index contributed by atoms with van der Waals surface area (Å²) in [6.07, 6.45) is 4.45. The molecule has 2 atom stereocenters. The summed E-state index contributed by atoms with van der Waals surface area (Å²) in [5, 5.41) is 3.05. The Labute approximate surface area is 175 Å². The molecule has 6 rings (SSSR count). The molecular weight excluding hydrogens is 386 g/mol. The van der Waals surface area contributed by atoms with Crippen LogP contribution in [0.4, 0.5) is 13.6 Å². The monoisotopic (exact) mass is 412 g/mol. The molecule has 2 aromatic carbocycles. The summed E-state index contributed by atoms with van der Waals surface area (Å²) in [7, 11) is 0. The van der Waals surface area contributed by atoms with Gasteiger partial charge in [0.1, 0.15) is 6.10 Å². The van der Waals surface area contributed by atoms with Crippen molar-refractivity contribution in [3.63, 3.8) is 0 Å². The topological polar surface area (TPSA) is 41.6 Å². The molecule has 4 nitrogen and oxygen atoms in total. The van der Waals surface area contributed by atoms with E-state index in [0.717, 1.165) is 68.9 Å². The maximum atomic E-state index is 14.2. The van der Waals surface area contributed by atoms with Crippen molar-refractivity contribution in [1.82, 2.24) is 10.2 Å². The lowest BCUT2D eigenvalue weighted by Gasteiger charge is -2.44. The molecule has 0 spiro atoms. The number of aryl methyl sites for hydroxylation is 1. The van der Waals surface area contributed by atoms with Crippen molar-refractivity contribution in [2.24, 2.45) is 5.92 Å². The third-order valence-corrected chi connectivity index (χ3v) is 6.87. The number of hydrogen-bond donors (Lipinski definition) is 1. The first-order valence-electron chi connectivity index (χ1n) is 10.8. The number of halogens is 2. The molecule has 3 heterocycles. The molecule has 158 valence electrons. The highest BCUT2D eigenvalue weighted by Crippen LogP contribution is 2.35. The fraction of sp³-hybridized carbons (Fsp3) is 0.458. The molecule has 6 heteroatoms. The predicted molar refractivity (Wildman–Crippen MR) is 110 cm³/mol. The Morgan fingerprint density at radius 1 is 1.10 bits per heavy atom. The summed E-state index contributed by atoms with van der Waals surface area (Å²) in [5.74, 6) is -1.20. The van der Waals surface area contributed by atoms with Gasteiger partial charge in [0.25, 0.3) is 0 Å². The Kier molecular flexibility index (Phi) is 5.19. The fourth-order valence-corrected chi connectivity index (χ4v) is 5.22. The number of nitrogens with one attached hydrogen (secondary N) is 1. The van der Waals surface area contributed by atoms with Gasteiger partial charge in [0, 0.05) is 12.1 Å². The molecule has 1 aliphatic carbocycles. The lowest BCUT2D eigenvalue weighted by atomic mass is 9.85. The van der Waals surface area contributed by atoms with Crippen molar-refractivity contribution in [2.45, 2.75) is 44.2 Å². The number of rotatable bonds is 3. The highest BCUT2D eigenvalue weighted by Gasteiger charge is 2.37. The van der Waals surface area contributed by atoms with Crippen LogP contribution in [-0.4, -0.2) is 36.7 Å². The van der Waals surface area contributed by atoms with Crippen LogP contribution in [-0.2, 0) is 11.2 Å². The van der Waals surface area contributed by atoms with Gasteiger partial charge in [0.15, 0.2) is 11.6 Å². The number of hydrogen-bond acceptors (Lipinski definition) is 3. The number of carbonyl (C=O) groups is 1. The summed E-state index contributed by atoms with van der Waals surface area (Å²) in [6.45, 7) is 3.05. The zero-order valence-corrected chi connectivity index (χ0v) is 16.9. The Morgan fingerprint density at radius 3 is 2.70 bits per heavy atom. The van der Waals surface area contributed by atoms with Crippen molar-refractivity contribution in [1.29, 1.82) is 0 Å². The van der Waals surface area contributed by atoms with Crippen LogP contribution in [0.25, 0.3) is 11.1 Å². The normalized spacial score (nSPS) is 27.4. The lowest BCUT2D eigenvalue weighted by Crippen LogP contribution is -2.52. The molecule has 3 aliphatic heterocycles. The van der Waals surface area contributed by atoms with Crippen LogP contribution in [0.1, 0.15) is 42.9 Å². The number of fused-ring (bicyclic) bond motifs is 4. The van der Waals surface area contributed by atoms with E-state index in [0.29, 0.717) is 11.5 Å². The highest BCUT2D eigenvalue weighted by atomic mass is 19.2. The Balaban J connectivity index is 1.30. The molecule has 0 aromatic heterocycles. The summed E-state index contributed by atoms with van der Waals surface area (Å²) >= 11 is 0. The standard InChI is InChI=1S/C24H26F2N2O2/c25-20-5-2-4-19(23(20)26)17-7-8-18-16(13-17)3-1-6-21(18)27-24(29)30-22-14-28-11-9-15(22)10-12-28/h2,4-5,7-8,13,15,21-22H,1,3,6,9-12,14H2,(H,27,29)/t21?,22-/m1/s1. The molecule has 2 aromatic rings. The first kappa shape index (κ1) is 19.5. The molecule has 0 saturated carbocycles. The van der Waals surface area contributed by atoms with Crippen LogP contribution in [0.2, 0.25) is 0 Å². The van der Waals surface area contributed by atoms with Crippen LogP contribution in [0.15, 0.2) is 36.4 Å². The van der Waals surface area contributed by atoms with E-state index in [-0.39, 0.29) is 23.8 Å². The van der Waals surface area contributed by atoms with Crippen molar-refractivity contribution < 1.29 is 18.3 Å². The van der Waals surface area contributed by atoms with Gasteiger partial charge < -0.3 is 10.1 Å².